The first-order valence-electron chi connectivity index (χ1n) is 6.55. The Morgan fingerprint density at radius 2 is 2.11 bits per heavy atom. The molecule has 1 atom stereocenters. The van der Waals surface area contributed by atoms with Crippen molar-refractivity contribution in [2.45, 2.75) is 26.8 Å². The van der Waals surface area contributed by atoms with Crippen LogP contribution in [0, 0.1) is 0 Å². The minimum Gasteiger partial charge on any atom is -0.493 e. The summed E-state index contributed by atoms with van der Waals surface area (Å²) in [6.07, 6.45) is 0. The second-order valence-electron chi connectivity index (χ2n) is 4.16. The number of nitrogens with zero attached hydrogens (tertiary/aromatic N) is 2. The third-order valence-corrected chi connectivity index (χ3v) is 2.75. The van der Waals surface area contributed by atoms with Gasteiger partial charge in [0.2, 0.25) is 11.7 Å². The number of hydrogen-bond donors (Lipinski definition) is 1. The fourth-order valence-electron chi connectivity index (χ4n) is 1.85. The van der Waals surface area contributed by atoms with E-state index in [4.69, 9.17) is 9.26 Å². The van der Waals surface area contributed by atoms with Crippen molar-refractivity contribution in [2.24, 2.45) is 0 Å². The number of nitrogens with one attached hydrogen (secondary N) is 1. The summed E-state index contributed by atoms with van der Waals surface area (Å²) >= 11 is 0. The predicted octanol–water partition coefficient (Wildman–Crippen LogP) is 2.81. The highest BCUT2D eigenvalue weighted by Gasteiger charge is 2.16. The van der Waals surface area contributed by atoms with Gasteiger partial charge in [-0.25, -0.2) is 0 Å². The predicted molar refractivity (Wildman–Crippen MR) is 73.0 cm³/mol. The molecule has 1 aromatic heterocycles. The van der Waals surface area contributed by atoms with Crippen molar-refractivity contribution >= 4 is 0 Å². The molecule has 0 aliphatic carbocycles. The van der Waals surface area contributed by atoms with E-state index >= 15 is 0 Å². The van der Waals surface area contributed by atoms with Crippen LogP contribution in [0.1, 0.15) is 32.7 Å². The standard InChI is InChI=1S/C14H19N3O2/c1-4-15-10(3)14-16-13(17-19-14)11-8-6-7-9-12(11)18-5-2/h6-10,15H,4-5H2,1-3H3. The minimum atomic E-state index is 0.0468. The molecule has 1 aromatic carbocycles. The fourth-order valence-corrected chi connectivity index (χ4v) is 1.85. The molecular weight excluding hydrogens is 242 g/mol. The first-order chi connectivity index (χ1) is 9.26. The molecule has 5 heteroatoms. The molecule has 0 bridgehead atoms. The van der Waals surface area contributed by atoms with Gasteiger partial charge in [-0.3, -0.25) is 0 Å². The van der Waals surface area contributed by atoms with Gasteiger partial charge in [0, 0.05) is 0 Å². The van der Waals surface area contributed by atoms with E-state index in [1.807, 2.05) is 45.0 Å². The molecule has 0 spiro atoms. The van der Waals surface area contributed by atoms with Crippen molar-refractivity contribution in [3.8, 4) is 17.1 Å². The van der Waals surface area contributed by atoms with Crippen molar-refractivity contribution in [1.82, 2.24) is 15.5 Å². The number of ether oxygens (including phenoxy) is 1. The second-order valence-corrected chi connectivity index (χ2v) is 4.16. The van der Waals surface area contributed by atoms with E-state index in [0.29, 0.717) is 18.3 Å². The molecule has 2 rings (SSSR count). The molecule has 19 heavy (non-hydrogen) atoms. The highest BCUT2D eigenvalue weighted by molar-refractivity contribution is 5.63. The third kappa shape index (κ3) is 3.12. The summed E-state index contributed by atoms with van der Waals surface area (Å²) in [6, 6.07) is 7.74. The van der Waals surface area contributed by atoms with Crippen LogP contribution in [0.4, 0.5) is 0 Å². The Morgan fingerprint density at radius 3 is 2.84 bits per heavy atom. The Bertz CT molecular complexity index is 525. The van der Waals surface area contributed by atoms with Gasteiger partial charge in [-0.2, -0.15) is 4.98 Å². The Kier molecular flexibility index (Phi) is 4.52. The average Bonchev–Trinajstić information content (AvgIpc) is 2.90. The molecule has 0 aliphatic rings. The quantitative estimate of drug-likeness (QED) is 0.866. The van der Waals surface area contributed by atoms with Crippen molar-refractivity contribution in [1.29, 1.82) is 0 Å². The molecule has 102 valence electrons. The highest BCUT2D eigenvalue weighted by atomic mass is 16.5. The molecule has 5 nitrogen and oxygen atoms in total. The number of benzene rings is 1. The molecule has 0 saturated heterocycles. The number of aromatic nitrogens is 2. The lowest BCUT2D eigenvalue weighted by Gasteiger charge is -2.06. The smallest absolute Gasteiger partial charge is 0.243 e. The van der Waals surface area contributed by atoms with Crippen LogP contribution < -0.4 is 10.1 Å². The van der Waals surface area contributed by atoms with Crippen LogP contribution in [0.25, 0.3) is 11.4 Å². The summed E-state index contributed by atoms with van der Waals surface area (Å²) < 4.78 is 10.9. The minimum absolute atomic E-state index is 0.0468. The van der Waals surface area contributed by atoms with Crippen LogP contribution in [0.15, 0.2) is 28.8 Å². The Morgan fingerprint density at radius 1 is 1.32 bits per heavy atom. The zero-order valence-corrected chi connectivity index (χ0v) is 11.5. The van der Waals surface area contributed by atoms with Gasteiger partial charge in [-0.1, -0.05) is 24.2 Å². The SMILES string of the molecule is CCNC(C)c1nc(-c2ccccc2OCC)no1. The molecule has 1 unspecified atom stereocenters. The largest absolute Gasteiger partial charge is 0.493 e. The van der Waals surface area contributed by atoms with Crippen LogP contribution in [0.3, 0.4) is 0 Å². The van der Waals surface area contributed by atoms with Crippen LogP contribution in [0.2, 0.25) is 0 Å². The second kappa shape index (κ2) is 6.33. The highest BCUT2D eigenvalue weighted by Crippen LogP contribution is 2.28. The summed E-state index contributed by atoms with van der Waals surface area (Å²) in [7, 11) is 0. The van der Waals surface area contributed by atoms with Crippen molar-refractivity contribution in [3.05, 3.63) is 30.2 Å². The summed E-state index contributed by atoms with van der Waals surface area (Å²) in [5.41, 5.74) is 0.850. The van der Waals surface area contributed by atoms with Gasteiger partial charge in [0.25, 0.3) is 0 Å². The van der Waals surface area contributed by atoms with E-state index in [-0.39, 0.29) is 6.04 Å². The van der Waals surface area contributed by atoms with E-state index in [1.165, 1.54) is 0 Å². The van der Waals surface area contributed by atoms with Crippen LogP contribution in [0.5, 0.6) is 5.75 Å². The lowest BCUT2D eigenvalue weighted by molar-refractivity contribution is 0.337. The van der Waals surface area contributed by atoms with E-state index in [1.54, 1.807) is 0 Å². The van der Waals surface area contributed by atoms with Gasteiger partial charge >= 0.3 is 0 Å². The van der Waals surface area contributed by atoms with Crippen molar-refractivity contribution in [3.63, 3.8) is 0 Å². The monoisotopic (exact) mass is 261 g/mol. The zero-order valence-electron chi connectivity index (χ0n) is 11.5. The third-order valence-electron chi connectivity index (χ3n) is 2.75. The number of para-hydroxylation sites is 1. The lowest BCUT2D eigenvalue weighted by atomic mass is 10.2. The van der Waals surface area contributed by atoms with Gasteiger partial charge < -0.3 is 14.6 Å². The van der Waals surface area contributed by atoms with E-state index in [9.17, 15) is 0 Å². The molecule has 2 aromatic rings. The fraction of sp³-hybridized carbons (Fsp3) is 0.429. The molecule has 1 heterocycles. The topological polar surface area (TPSA) is 60.2 Å². The summed E-state index contributed by atoms with van der Waals surface area (Å²) in [6.45, 7) is 7.45. The maximum absolute atomic E-state index is 5.57. The maximum atomic E-state index is 5.57. The molecular formula is C14H19N3O2. The van der Waals surface area contributed by atoms with E-state index in [2.05, 4.69) is 15.5 Å². The summed E-state index contributed by atoms with van der Waals surface area (Å²) in [5, 5.41) is 7.27. The summed E-state index contributed by atoms with van der Waals surface area (Å²) in [4.78, 5) is 4.42. The molecule has 0 saturated carbocycles. The number of hydrogen-bond acceptors (Lipinski definition) is 5. The Hall–Kier alpha value is -1.88. The molecule has 1 N–H and O–H groups in total. The van der Waals surface area contributed by atoms with Gasteiger partial charge in [-0.15, -0.1) is 0 Å². The van der Waals surface area contributed by atoms with Crippen LogP contribution >= 0.6 is 0 Å². The summed E-state index contributed by atoms with van der Waals surface area (Å²) in [5.74, 6) is 1.92. The van der Waals surface area contributed by atoms with Crippen molar-refractivity contribution in [2.75, 3.05) is 13.2 Å². The van der Waals surface area contributed by atoms with Gasteiger partial charge in [0.05, 0.1) is 18.2 Å². The first-order valence-corrected chi connectivity index (χ1v) is 6.55. The van der Waals surface area contributed by atoms with Gasteiger partial charge in [0.15, 0.2) is 0 Å². The number of rotatable bonds is 6. The Labute approximate surface area is 113 Å². The molecule has 0 aliphatic heterocycles. The van der Waals surface area contributed by atoms with Crippen LogP contribution in [-0.2, 0) is 0 Å². The maximum Gasteiger partial charge on any atom is 0.243 e. The van der Waals surface area contributed by atoms with Crippen molar-refractivity contribution < 1.29 is 9.26 Å². The zero-order chi connectivity index (χ0) is 13.7. The lowest BCUT2D eigenvalue weighted by Crippen LogP contribution is -2.17. The molecule has 0 radical (unpaired) electrons. The molecule has 0 fully saturated rings. The average molecular weight is 261 g/mol. The van der Waals surface area contributed by atoms with E-state index in [0.717, 1.165) is 17.9 Å². The van der Waals surface area contributed by atoms with Crippen LogP contribution in [-0.4, -0.2) is 23.3 Å². The van der Waals surface area contributed by atoms with Gasteiger partial charge in [0.1, 0.15) is 5.75 Å². The van der Waals surface area contributed by atoms with Gasteiger partial charge in [-0.05, 0) is 32.5 Å². The first kappa shape index (κ1) is 13.5. The normalized spacial score (nSPS) is 12.4. The van der Waals surface area contributed by atoms with E-state index < -0.39 is 0 Å². The molecule has 0 amide bonds. The Balaban J connectivity index is 2.27.